The Morgan fingerprint density at radius 1 is 1.75 bits per heavy atom. The lowest BCUT2D eigenvalue weighted by atomic mass is 10.0. The van der Waals surface area contributed by atoms with Gasteiger partial charge in [-0.05, 0) is 19.8 Å². The molecule has 0 spiro atoms. The summed E-state index contributed by atoms with van der Waals surface area (Å²) in [5, 5.41) is 0. The molecule has 2 fully saturated rings. The highest BCUT2D eigenvalue weighted by atomic mass is 19.2. The van der Waals surface area contributed by atoms with Gasteiger partial charge in [0.2, 0.25) is 0 Å². The number of rotatable bonds is 2. The monoisotopic (exact) mass is 231 g/mol. The number of fused-ring (bicyclic) bond motifs is 1. The number of hydrogen-bond donors (Lipinski definition) is 0. The Labute approximate surface area is 92.5 Å². The number of hydrogen-bond acceptors (Lipinski definition) is 4. The summed E-state index contributed by atoms with van der Waals surface area (Å²) in [6.07, 6.45) is 0.639. The minimum absolute atomic E-state index is 0.0659. The Hall–Kier alpha value is -1.33. The molecule has 1 amide bonds. The second-order valence-electron chi connectivity index (χ2n) is 4.01. The Bertz CT molecular complexity index is 322. The predicted octanol–water partition coefficient (Wildman–Crippen LogP) is 1.22. The van der Waals surface area contributed by atoms with Crippen molar-refractivity contribution >= 4 is 12.1 Å². The molecule has 6 heteroatoms. The molecule has 0 aromatic heterocycles. The van der Waals surface area contributed by atoms with Crippen molar-refractivity contribution < 1.29 is 23.5 Å². The molecule has 5 nitrogen and oxygen atoms in total. The largest absolute Gasteiger partial charge is 0.461 e. The molecule has 0 aromatic carbocycles. The number of esters is 1. The first-order chi connectivity index (χ1) is 7.57. The van der Waals surface area contributed by atoms with Gasteiger partial charge in [-0.25, -0.2) is 9.59 Å². The van der Waals surface area contributed by atoms with Crippen LogP contribution in [0.2, 0.25) is 0 Å². The summed E-state index contributed by atoms with van der Waals surface area (Å²) in [6, 6.07) is -0.240. The zero-order valence-electron chi connectivity index (χ0n) is 9.07. The van der Waals surface area contributed by atoms with Crippen molar-refractivity contribution in [3.63, 3.8) is 0 Å². The van der Waals surface area contributed by atoms with Crippen molar-refractivity contribution in [1.29, 1.82) is 0 Å². The number of ether oxygens (including phenoxy) is 2. The molecule has 2 atom stereocenters. The van der Waals surface area contributed by atoms with Gasteiger partial charge in [-0.3, -0.25) is 0 Å². The fourth-order valence-electron chi connectivity index (χ4n) is 2.19. The van der Waals surface area contributed by atoms with E-state index in [9.17, 15) is 14.0 Å². The first-order valence-corrected chi connectivity index (χ1v) is 5.42. The zero-order valence-corrected chi connectivity index (χ0v) is 9.07. The van der Waals surface area contributed by atoms with Crippen LogP contribution in [0.25, 0.3) is 0 Å². The molecule has 16 heavy (non-hydrogen) atoms. The van der Waals surface area contributed by atoms with Gasteiger partial charge in [-0.1, -0.05) is 0 Å². The second kappa shape index (κ2) is 3.92. The first kappa shape index (κ1) is 11.2. The number of nitrogens with zero attached hydrogens (tertiary/aromatic N) is 1. The smallest absolute Gasteiger partial charge is 0.413 e. The molecule has 2 saturated heterocycles. The molecule has 0 aliphatic carbocycles. The maximum atomic E-state index is 14.1. The van der Waals surface area contributed by atoms with E-state index in [-0.39, 0.29) is 19.1 Å². The van der Waals surface area contributed by atoms with Crippen LogP contribution in [0.1, 0.15) is 26.2 Å². The SMILES string of the molecule is CCOC(=O)[C@@]1(F)C[C@H]2CCCN2C(=O)O1. The summed E-state index contributed by atoms with van der Waals surface area (Å²) < 4.78 is 23.2. The summed E-state index contributed by atoms with van der Waals surface area (Å²) in [4.78, 5) is 24.3. The molecule has 2 aliphatic heterocycles. The number of alkyl halides is 1. The molecule has 90 valence electrons. The molecule has 0 aromatic rings. The van der Waals surface area contributed by atoms with Gasteiger partial charge in [0.1, 0.15) is 0 Å². The van der Waals surface area contributed by atoms with Gasteiger partial charge in [0.25, 0.3) is 0 Å². The van der Waals surface area contributed by atoms with E-state index in [0.29, 0.717) is 13.0 Å². The molecule has 0 unspecified atom stereocenters. The van der Waals surface area contributed by atoms with E-state index in [0.717, 1.165) is 6.42 Å². The molecule has 0 N–H and O–H groups in total. The van der Waals surface area contributed by atoms with Crippen LogP contribution in [-0.2, 0) is 14.3 Å². The molecule has 0 saturated carbocycles. The van der Waals surface area contributed by atoms with Gasteiger partial charge in [-0.2, -0.15) is 4.39 Å². The summed E-state index contributed by atoms with van der Waals surface area (Å²) in [7, 11) is 0. The van der Waals surface area contributed by atoms with Crippen LogP contribution in [0.4, 0.5) is 9.18 Å². The van der Waals surface area contributed by atoms with Gasteiger partial charge in [0, 0.05) is 12.6 Å². The predicted molar refractivity (Wildman–Crippen MR) is 51.3 cm³/mol. The zero-order chi connectivity index (χ0) is 11.8. The highest BCUT2D eigenvalue weighted by molar-refractivity contribution is 5.83. The quantitative estimate of drug-likeness (QED) is 0.670. The van der Waals surface area contributed by atoms with Gasteiger partial charge >= 0.3 is 17.9 Å². The summed E-state index contributed by atoms with van der Waals surface area (Å²) in [6.45, 7) is 2.21. The highest BCUT2D eigenvalue weighted by Gasteiger charge is 2.53. The van der Waals surface area contributed by atoms with Crippen molar-refractivity contribution in [2.24, 2.45) is 0 Å². The van der Waals surface area contributed by atoms with E-state index in [4.69, 9.17) is 0 Å². The Morgan fingerprint density at radius 2 is 2.50 bits per heavy atom. The van der Waals surface area contributed by atoms with Crippen LogP contribution in [0.5, 0.6) is 0 Å². The second-order valence-corrected chi connectivity index (χ2v) is 4.01. The lowest BCUT2D eigenvalue weighted by Gasteiger charge is -2.36. The minimum atomic E-state index is -2.60. The van der Waals surface area contributed by atoms with Crippen molar-refractivity contribution in [3.05, 3.63) is 0 Å². The average molecular weight is 231 g/mol. The van der Waals surface area contributed by atoms with E-state index in [1.54, 1.807) is 6.92 Å². The fraction of sp³-hybridized carbons (Fsp3) is 0.800. The van der Waals surface area contributed by atoms with E-state index >= 15 is 0 Å². The number of amides is 1. The van der Waals surface area contributed by atoms with Crippen molar-refractivity contribution in [2.45, 2.75) is 38.1 Å². The molecule has 2 aliphatic rings. The number of halogens is 1. The van der Waals surface area contributed by atoms with Crippen LogP contribution in [-0.4, -0.2) is 42.0 Å². The lowest BCUT2D eigenvalue weighted by molar-refractivity contribution is -0.199. The van der Waals surface area contributed by atoms with E-state index in [2.05, 4.69) is 9.47 Å². The standard InChI is InChI=1S/C10H14FNO4/c1-2-15-8(13)10(11)6-7-4-3-5-12(7)9(14)16-10/h7H,2-6H2,1H3/t7-,10-/m1/s1. The van der Waals surface area contributed by atoms with Gasteiger partial charge < -0.3 is 14.4 Å². The summed E-state index contributed by atoms with van der Waals surface area (Å²) in [5.74, 6) is -3.70. The molecule has 0 radical (unpaired) electrons. The summed E-state index contributed by atoms with van der Waals surface area (Å²) in [5.41, 5.74) is 0. The van der Waals surface area contributed by atoms with E-state index in [1.165, 1.54) is 4.90 Å². The van der Waals surface area contributed by atoms with Crippen molar-refractivity contribution in [3.8, 4) is 0 Å². The molecule has 2 heterocycles. The third-order valence-electron chi connectivity index (χ3n) is 2.94. The highest BCUT2D eigenvalue weighted by Crippen LogP contribution is 2.35. The Balaban J connectivity index is 2.12. The van der Waals surface area contributed by atoms with Crippen LogP contribution in [0, 0.1) is 0 Å². The Morgan fingerprint density at radius 3 is 3.19 bits per heavy atom. The average Bonchev–Trinajstić information content (AvgIpc) is 2.66. The minimum Gasteiger partial charge on any atom is -0.461 e. The molecule has 2 rings (SSSR count). The van der Waals surface area contributed by atoms with E-state index < -0.39 is 17.9 Å². The Kier molecular flexibility index (Phi) is 2.73. The maximum Gasteiger partial charge on any atom is 0.413 e. The van der Waals surface area contributed by atoms with E-state index in [1.807, 2.05) is 0 Å². The lowest BCUT2D eigenvalue weighted by Crippen LogP contribution is -2.54. The fourth-order valence-corrected chi connectivity index (χ4v) is 2.19. The van der Waals surface area contributed by atoms with Crippen molar-refractivity contribution in [1.82, 2.24) is 4.90 Å². The summed E-state index contributed by atoms with van der Waals surface area (Å²) >= 11 is 0. The maximum absolute atomic E-state index is 14.1. The normalized spacial score (nSPS) is 33.2. The van der Waals surface area contributed by atoms with Crippen LogP contribution < -0.4 is 0 Å². The van der Waals surface area contributed by atoms with Crippen LogP contribution in [0.15, 0.2) is 0 Å². The molecular weight excluding hydrogens is 217 g/mol. The molecule has 0 bridgehead atoms. The topological polar surface area (TPSA) is 55.8 Å². The number of cyclic esters (lactones) is 1. The van der Waals surface area contributed by atoms with Crippen LogP contribution in [0.3, 0.4) is 0 Å². The van der Waals surface area contributed by atoms with Crippen molar-refractivity contribution in [2.75, 3.05) is 13.2 Å². The number of carbonyl (C=O) groups excluding carboxylic acids is 2. The third kappa shape index (κ3) is 1.72. The molecular formula is C10H14FNO4. The van der Waals surface area contributed by atoms with Gasteiger partial charge in [-0.15, -0.1) is 0 Å². The van der Waals surface area contributed by atoms with Gasteiger partial charge in [0.15, 0.2) is 0 Å². The van der Waals surface area contributed by atoms with Gasteiger partial charge in [0.05, 0.1) is 13.0 Å². The van der Waals surface area contributed by atoms with Crippen LogP contribution >= 0.6 is 0 Å². The number of carbonyl (C=O) groups is 2. The first-order valence-electron chi connectivity index (χ1n) is 5.42. The third-order valence-corrected chi connectivity index (χ3v) is 2.94.